The molecule has 0 aromatic heterocycles. The van der Waals surface area contributed by atoms with E-state index in [9.17, 15) is 0 Å². The highest BCUT2D eigenvalue weighted by Crippen LogP contribution is 2.33. The molecule has 0 amide bonds. The SMILES string of the molecule is Nc1ccccc1Oc1ccc(Cl)cc1Br. The van der Waals surface area contributed by atoms with Crippen molar-refractivity contribution in [3.63, 3.8) is 0 Å². The maximum Gasteiger partial charge on any atom is 0.150 e. The van der Waals surface area contributed by atoms with E-state index in [0.29, 0.717) is 22.2 Å². The van der Waals surface area contributed by atoms with Crippen molar-refractivity contribution >= 4 is 33.2 Å². The molecule has 16 heavy (non-hydrogen) atoms. The van der Waals surface area contributed by atoms with Crippen LogP contribution in [0, 0.1) is 0 Å². The number of hydrogen-bond donors (Lipinski definition) is 1. The average Bonchev–Trinajstić information content (AvgIpc) is 2.25. The molecule has 0 saturated heterocycles. The molecule has 0 radical (unpaired) electrons. The topological polar surface area (TPSA) is 35.2 Å². The Morgan fingerprint density at radius 3 is 2.50 bits per heavy atom. The summed E-state index contributed by atoms with van der Waals surface area (Å²) in [4.78, 5) is 0. The van der Waals surface area contributed by atoms with Gasteiger partial charge in [0, 0.05) is 5.02 Å². The Morgan fingerprint density at radius 1 is 1.06 bits per heavy atom. The van der Waals surface area contributed by atoms with E-state index >= 15 is 0 Å². The van der Waals surface area contributed by atoms with E-state index in [4.69, 9.17) is 22.1 Å². The molecule has 82 valence electrons. The van der Waals surface area contributed by atoms with Crippen molar-refractivity contribution in [2.75, 3.05) is 5.73 Å². The summed E-state index contributed by atoms with van der Waals surface area (Å²) in [6.07, 6.45) is 0. The molecule has 0 aliphatic carbocycles. The van der Waals surface area contributed by atoms with Crippen LogP contribution in [0.2, 0.25) is 5.02 Å². The van der Waals surface area contributed by atoms with Gasteiger partial charge >= 0.3 is 0 Å². The maximum absolute atomic E-state index is 5.84. The monoisotopic (exact) mass is 297 g/mol. The van der Waals surface area contributed by atoms with Crippen molar-refractivity contribution in [2.45, 2.75) is 0 Å². The lowest BCUT2D eigenvalue weighted by Crippen LogP contribution is -1.91. The van der Waals surface area contributed by atoms with Gasteiger partial charge in [-0.3, -0.25) is 0 Å². The quantitative estimate of drug-likeness (QED) is 0.830. The molecule has 2 aromatic carbocycles. The third kappa shape index (κ3) is 2.49. The molecule has 0 aliphatic heterocycles. The normalized spacial score (nSPS) is 10.1. The highest BCUT2D eigenvalue weighted by molar-refractivity contribution is 9.10. The Balaban J connectivity index is 2.31. The zero-order chi connectivity index (χ0) is 11.5. The summed E-state index contributed by atoms with van der Waals surface area (Å²) in [6.45, 7) is 0. The van der Waals surface area contributed by atoms with E-state index in [1.54, 1.807) is 24.3 Å². The van der Waals surface area contributed by atoms with Gasteiger partial charge in [0.1, 0.15) is 11.5 Å². The van der Waals surface area contributed by atoms with Gasteiger partial charge in [-0.1, -0.05) is 23.7 Å². The summed E-state index contributed by atoms with van der Waals surface area (Å²) in [7, 11) is 0. The van der Waals surface area contributed by atoms with Crippen molar-refractivity contribution in [2.24, 2.45) is 0 Å². The highest BCUT2D eigenvalue weighted by Gasteiger charge is 2.05. The average molecular weight is 299 g/mol. The molecular formula is C12H9BrClNO. The van der Waals surface area contributed by atoms with Crippen molar-refractivity contribution in [1.29, 1.82) is 0 Å². The first-order valence-corrected chi connectivity index (χ1v) is 5.81. The second-order valence-corrected chi connectivity index (χ2v) is 4.51. The van der Waals surface area contributed by atoms with Crippen LogP contribution >= 0.6 is 27.5 Å². The Bertz CT molecular complexity index is 516. The zero-order valence-corrected chi connectivity index (χ0v) is 10.6. The molecule has 2 N–H and O–H groups in total. The Labute approximate surface area is 107 Å². The van der Waals surface area contributed by atoms with Gasteiger partial charge < -0.3 is 10.5 Å². The Hall–Kier alpha value is -1.19. The van der Waals surface area contributed by atoms with Crippen molar-refractivity contribution in [3.8, 4) is 11.5 Å². The molecule has 0 fully saturated rings. The third-order valence-electron chi connectivity index (χ3n) is 2.03. The number of halogens is 2. The van der Waals surface area contributed by atoms with Crippen LogP contribution in [-0.2, 0) is 0 Å². The summed E-state index contributed by atoms with van der Waals surface area (Å²) in [5, 5.41) is 0.653. The molecule has 4 heteroatoms. The van der Waals surface area contributed by atoms with Crippen LogP contribution in [0.5, 0.6) is 11.5 Å². The van der Waals surface area contributed by atoms with Crippen LogP contribution in [0.3, 0.4) is 0 Å². The molecular weight excluding hydrogens is 289 g/mol. The number of nitrogen functional groups attached to an aromatic ring is 1. The molecule has 0 saturated carbocycles. The lowest BCUT2D eigenvalue weighted by Gasteiger charge is -2.09. The molecule has 0 bridgehead atoms. The first-order valence-electron chi connectivity index (χ1n) is 4.64. The van der Waals surface area contributed by atoms with Gasteiger partial charge in [0.25, 0.3) is 0 Å². The van der Waals surface area contributed by atoms with E-state index in [1.165, 1.54) is 0 Å². The van der Waals surface area contributed by atoms with Gasteiger partial charge in [-0.25, -0.2) is 0 Å². The smallest absolute Gasteiger partial charge is 0.150 e. The van der Waals surface area contributed by atoms with Gasteiger partial charge in [-0.15, -0.1) is 0 Å². The first-order chi connectivity index (χ1) is 7.66. The van der Waals surface area contributed by atoms with Crippen LogP contribution < -0.4 is 10.5 Å². The number of rotatable bonds is 2. The van der Waals surface area contributed by atoms with E-state index < -0.39 is 0 Å². The van der Waals surface area contributed by atoms with Crippen LogP contribution in [-0.4, -0.2) is 0 Å². The Kier molecular flexibility index (Phi) is 3.36. The Morgan fingerprint density at radius 2 is 1.81 bits per heavy atom. The van der Waals surface area contributed by atoms with Gasteiger partial charge in [0.05, 0.1) is 10.2 Å². The largest absolute Gasteiger partial charge is 0.454 e. The van der Waals surface area contributed by atoms with Crippen LogP contribution in [0.4, 0.5) is 5.69 Å². The molecule has 0 spiro atoms. The molecule has 2 aromatic rings. The van der Waals surface area contributed by atoms with Crippen LogP contribution in [0.25, 0.3) is 0 Å². The second-order valence-electron chi connectivity index (χ2n) is 3.21. The molecule has 0 heterocycles. The fraction of sp³-hybridized carbons (Fsp3) is 0. The van der Waals surface area contributed by atoms with E-state index in [1.807, 2.05) is 18.2 Å². The number of ether oxygens (including phenoxy) is 1. The van der Waals surface area contributed by atoms with E-state index in [2.05, 4.69) is 15.9 Å². The number of nitrogens with two attached hydrogens (primary N) is 1. The summed E-state index contributed by atoms with van der Waals surface area (Å²) in [6, 6.07) is 12.7. The number of benzene rings is 2. The second kappa shape index (κ2) is 4.76. The minimum Gasteiger partial charge on any atom is -0.454 e. The molecule has 2 nitrogen and oxygen atoms in total. The van der Waals surface area contributed by atoms with Crippen molar-refractivity contribution in [1.82, 2.24) is 0 Å². The van der Waals surface area contributed by atoms with Crippen LogP contribution in [0.1, 0.15) is 0 Å². The summed E-state index contributed by atoms with van der Waals surface area (Å²) < 4.78 is 6.46. The number of anilines is 1. The lowest BCUT2D eigenvalue weighted by molar-refractivity contribution is 0.482. The number of hydrogen-bond acceptors (Lipinski definition) is 2. The van der Waals surface area contributed by atoms with Gasteiger partial charge in [0.2, 0.25) is 0 Å². The highest BCUT2D eigenvalue weighted by atomic mass is 79.9. The predicted molar refractivity (Wildman–Crippen MR) is 70.1 cm³/mol. The van der Waals surface area contributed by atoms with Crippen LogP contribution in [0.15, 0.2) is 46.9 Å². The fourth-order valence-corrected chi connectivity index (χ4v) is 2.01. The van der Waals surface area contributed by atoms with Gasteiger partial charge in [-0.05, 0) is 46.3 Å². The molecule has 0 unspecified atom stereocenters. The minimum absolute atomic E-state index is 0.601. The predicted octanol–water partition coefficient (Wildman–Crippen LogP) is 4.48. The van der Waals surface area contributed by atoms with E-state index in [0.717, 1.165) is 4.47 Å². The fourth-order valence-electron chi connectivity index (χ4n) is 1.25. The first kappa shape index (κ1) is 11.3. The molecule has 0 aliphatic rings. The molecule has 2 rings (SSSR count). The van der Waals surface area contributed by atoms with Gasteiger partial charge in [-0.2, -0.15) is 0 Å². The van der Waals surface area contributed by atoms with Crippen molar-refractivity contribution < 1.29 is 4.74 Å². The number of para-hydroxylation sites is 2. The summed E-state index contributed by atoms with van der Waals surface area (Å²) >= 11 is 9.22. The minimum atomic E-state index is 0.601. The summed E-state index contributed by atoms with van der Waals surface area (Å²) in [5.41, 5.74) is 6.38. The standard InChI is InChI=1S/C12H9BrClNO/c13-9-7-8(14)5-6-11(9)16-12-4-2-1-3-10(12)15/h1-7H,15H2. The third-order valence-corrected chi connectivity index (χ3v) is 2.89. The van der Waals surface area contributed by atoms with Gasteiger partial charge in [0.15, 0.2) is 0 Å². The lowest BCUT2D eigenvalue weighted by atomic mass is 10.3. The maximum atomic E-state index is 5.84. The zero-order valence-electron chi connectivity index (χ0n) is 8.28. The van der Waals surface area contributed by atoms with Crippen molar-refractivity contribution in [3.05, 3.63) is 52.0 Å². The van der Waals surface area contributed by atoms with E-state index in [-0.39, 0.29) is 0 Å². The molecule has 0 atom stereocenters. The summed E-state index contributed by atoms with van der Waals surface area (Å²) in [5.74, 6) is 1.31.